The van der Waals surface area contributed by atoms with Crippen molar-refractivity contribution in [2.24, 2.45) is 11.8 Å². The van der Waals surface area contributed by atoms with E-state index >= 15 is 0 Å². The number of ether oxygens (including phenoxy) is 1. The smallest absolute Gasteiger partial charge is 0.225 e. The summed E-state index contributed by atoms with van der Waals surface area (Å²) < 4.78 is 5.43. The van der Waals surface area contributed by atoms with Crippen LogP contribution in [-0.4, -0.2) is 22.7 Å². The van der Waals surface area contributed by atoms with Crippen LogP contribution in [0.4, 0.5) is 5.82 Å². The van der Waals surface area contributed by atoms with Crippen molar-refractivity contribution in [1.82, 2.24) is 10.2 Å². The Morgan fingerprint density at radius 1 is 1.45 bits per heavy atom. The van der Waals surface area contributed by atoms with E-state index < -0.39 is 0 Å². The third kappa shape index (κ3) is 2.87. The Morgan fingerprint density at radius 3 is 3.15 bits per heavy atom. The van der Waals surface area contributed by atoms with Crippen LogP contribution in [0.3, 0.4) is 0 Å². The van der Waals surface area contributed by atoms with Gasteiger partial charge in [-0.05, 0) is 18.3 Å². The molecule has 2 heterocycles. The van der Waals surface area contributed by atoms with E-state index in [1.54, 1.807) is 0 Å². The topological polar surface area (TPSA) is 67.0 Å². The van der Waals surface area contributed by atoms with E-state index in [1.165, 1.54) is 25.7 Å². The van der Waals surface area contributed by atoms with Gasteiger partial charge in [-0.15, -0.1) is 0 Å². The number of anilines is 1. The van der Waals surface area contributed by atoms with Gasteiger partial charge in [0, 0.05) is 24.1 Å². The van der Waals surface area contributed by atoms with Crippen molar-refractivity contribution in [3.8, 4) is 0 Å². The van der Waals surface area contributed by atoms with E-state index in [4.69, 9.17) is 4.74 Å². The van der Waals surface area contributed by atoms with E-state index in [0.29, 0.717) is 30.7 Å². The molecule has 3 rings (SSSR count). The fourth-order valence-corrected chi connectivity index (χ4v) is 3.33. The van der Waals surface area contributed by atoms with Gasteiger partial charge in [0.25, 0.3) is 0 Å². The van der Waals surface area contributed by atoms with Crippen molar-refractivity contribution in [2.75, 3.05) is 11.9 Å². The lowest BCUT2D eigenvalue weighted by Crippen LogP contribution is -2.24. The van der Waals surface area contributed by atoms with Crippen molar-refractivity contribution >= 4 is 11.7 Å². The number of aromatic nitrogens is 2. The number of H-pyrrole nitrogens is 1. The monoisotopic (exact) mass is 277 g/mol. The van der Waals surface area contributed by atoms with Crippen LogP contribution in [0.5, 0.6) is 0 Å². The molecular weight excluding hydrogens is 254 g/mol. The van der Waals surface area contributed by atoms with Gasteiger partial charge in [0.2, 0.25) is 5.91 Å². The van der Waals surface area contributed by atoms with E-state index in [0.717, 1.165) is 24.3 Å². The van der Waals surface area contributed by atoms with Crippen LogP contribution >= 0.6 is 0 Å². The molecule has 1 aromatic heterocycles. The minimum atomic E-state index is 0.0867. The van der Waals surface area contributed by atoms with Crippen LogP contribution in [0.2, 0.25) is 0 Å². The molecule has 110 valence electrons. The third-order valence-corrected chi connectivity index (χ3v) is 4.69. The maximum absolute atomic E-state index is 12.2. The Kier molecular flexibility index (Phi) is 4.05. The van der Waals surface area contributed by atoms with Crippen molar-refractivity contribution in [3.63, 3.8) is 0 Å². The first-order valence-electron chi connectivity index (χ1n) is 7.67. The van der Waals surface area contributed by atoms with Gasteiger partial charge in [-0.1, -0.05) is 26.2 Å². The van der Waals surface area contributed by atoms with Crippen LogP contribution in [0, 0.1) is 11.8 Å². The highest BCUT2D eigenvalue weighted by molar-refractivity contribution is 5.90. The molecule has 0 aromatic carbocycles. The summed E-state index contributed by atoms with van der Waals surface area (Å²) in [4.78, 5) is 12.2. The molecule has 1 saturated carbocycles. The number of nitrogens with one attached hydrogen (secondary N) is 2. The summed E-state index contributed by atoms with van der Waals surface area (Å²) >= 11 is 0. The summed E-state index contributed by atoms with van der Waals surface area (Å²) in [5.74, 6) is 1.93. The molecule has 0 saturated heterocycles. The average molecular weight is 277 g/mol. The lowest BCUT2D eigenvalue weighted by atomic mass is 9.78. The highest BCUT2D eigenvalue weighted by Gasteiger charge is 2.25. The van der Waals surface area contributed by atoms with Gasteiger partial charge in [-0.25, -0.2) is 0 Å². The van der Waals surface area contributed by atoms with Gasteiger partial charge in [-0.3, -0.25) is 9.89 Å². The summed E-state index contributed by atoms with van der Waals surface area (Å²) in [6, 6.07) is 0. The zero-order valence-corrected chi connectivity index (χ0v) is 12.1. The SMILES string of the molecule is CC1CCCCC1CC(=O)Nc1n[nH]c2c1COCC2. The molecule has 5 nitrogen and oxygen atoms in total. The predicted octanol–water partition coefficient (Wildman–Crippen LogP) is 2.64. The quantitative estimate of drug-likeness (QED) is 0.892. The van der Waals surface area contributed by atoms with Crippen LogP contribution in [0.1, 0.15) is 50.3 Å². The molecule has 0 bridgehead atoms. The number of hydrogen-bond donors (Lipinski definition) is 2. The van der Waals surface area contributed by atoms with Gasteiger partial charge in [0.1, 0.15) is 0 Å². The number of nitrogens with zero attached hydrogens (tertiary/aromatic N) is 1. The van der Waals surface area contributed by atoms with Crippen LogP contribution in [0.15, 0.2) is 0 Å². The maximum atomic E-state index is 12.2. The van der Waals surface area contributed by atoms with Crippen molar-refractivity contribution in [2.45, 2.75) is 52.1 Å². The minimum Gasteiger partial charge on any atom is -0.376 e. The number of aromatic amines is 1. The van der Waals surface area contributed by atoms with Gasteiger partial charge < -0.3 is 10.1 Å². The van der Waals surface area contributed by atoms with Crippen LogP contribution < -0.4 is 5.32 Å². The molecule has 2 aliphatic rings. The number of carbonyl (C=O) groups excluding carboxylic acids is 1. The number of hydrogen-bond acceptors (Lipinski definition) is 3. The predicted molar refractivity (Wildman–Crippen MR) is 76.3 cm³/mol. The summed E-state index contributed by atoms with van der Waals surface area (Å²) in [6.45, 7) is 3.53. The third-order valence-electron chi connectivity index (χ3n) is 4.69. The van der Waals surface area contributed by atoms with Crippen LogP contribution in [-0.2, 0) is 22.6 Å². The molecule has 1 amide bonds. The lowest BCUT2D eigenvalue weighted by Gasteiger charge is -2.28. The van der Waals surface area contributed by atoms with Gasteiger partial charge in [0.15, 0.2) is 5.82 Å². The number of rotatable bonds is 3. The zero-order valence-electron chi connectivity index (χ0n) is 12.1. The molecule has 2 N–H and O–H groups in total. The Labute approximate surface area is 119 Å². The standard InChI is InChI=1S/C15H23N3O2/c1-10-4-2-3-5-11(10)8-14(19)16-15-12-9-20-7-6-13(12)17-18-15/h10-11H,2-9H2,1H3,(H2,16,17,18,19). The molecule has 1 fully saturated rings. The van der Waals surface area contributed by atoms with Crippen molar-refractivity contribution < 1.29 is 9.53 Å². The van der Waals surface area contributed by atoms with E-state index in [1.807, 2.05) is 0 Å². The second kappa shape index (κ2) is 5.95. The normalized spacial score (nSPS) is 26.1. The fourth-order valence-electron chi connectivity index (χ4n) is 3.33. The Balaban J connectivity index is 1.60. The molecule has 1 aliphatic carbocycles. The second-order valence-corrected chi connectivity index (χ2v) is 6.11. The second-order valence-electron chi connectivity index (χ2n) is 6.11. The molecule has 0 radical (unpaired) electrons. The minimum absolute atomic E-state index is 0.0867. The van der Waals surface area contributed by atoms with Gasteiger partial charge >= 0.3 is 0 Å². The summed E-state index contributed by atoms with van der Waals surface area (Å²) in [7, 11) is 0. The first kappa shape index (κ1) is 13.6. The Morgan fingerprint density at radius 2 is 2.30 bits per heavy atom. The molecule has 2 unspecified atom stereocenters. The first-order chi connectivity index (χ1) is 9.74. The summed E-state index contributed by atoms with van der Waals surface area (Å²) in [6.07, 6.45) is 6.46. The Bertz CT molecular complexity index is 483. The fraction of sp³-hybridized carbons (Fsp3) is 0.733. The van der Waals surface area contributed by atoms with Gasteiger partial charge in [0.05, 0.1) is 13.2 Å². The molecule has 1 aromatic rings. The van der Waals surface area contributed by atoms with Crippen molar-refractivity contribution in [3.05, 3.63) is 11.3 Å². The average Bonchev–Trinajstić information content (AvgIpc) is 2.85. The van der Waals surface area contributed by atoms with E-state index in [2.05, 4.69) is 22.4 Å². The molecule has 2 atom stereocenters. The van der Waals surface area contributed by atoms with Gasteiger partial charge in [-0.2, -0.15) is 5.10 Å². The largest absolute Gasteiger partial charge is 0.376 e. The molecular formula is C15H23N3O2. The first-order valence-corrected chi connectivity index (χ1v) is 7.67. The molecule has 5 heteroatoms. The highest BCUT2D eigenvalue weighted by atomic mass is 16.5. The summed E-state index contributed by atoms with van der Waals surface area (Å²) in [5.41, 5.74) is 2.11. The zero-order chi connectivity index (χ0) is 13.9. The highest BCUT2D eigenvalue weighted by Crippen LogP contribution is 2.32. The molecule has 0 spiro atoms. The maximum Gasteiger partial charge on any atom is 0.225 e. The molecule has 20 heavy (non-hydrogen) atoms. The van der Waals surface area contributed by atoms with E-state index in [9.17, 15) is 4.79 Å². The lowest BCUT2D eigenvalue weighted by molar-refractivity contribution is -0.117. The summed E-state index contributed by atoms with van der Waals surface area (Å²) in [5, 5.41) is 10.2. The Hall–Kier alpha value is -1.36. The molecule has 1 aliphatic heterocycles. The van der Waals surface area contributed by atoms with E-state index in [-0.39, 0.29) is 5.91 Å². The van der Waals surface area contributed by atoms with Crippen LogP contribution in [0.25, 0.3) is 0 Å². The number of amides is 1. The van der Waals surface area contributed by atoms with Crippen molar-refractivity contribution in [1.29, 1.82) is 0 Å². The number of fused-ring (bicyclic) bond motifs is 1. The number of carbonyl (C=O) groups is 1.